The van der Waals surface area contributed by atoms with E-state index in [0.717, 1.165) is 5.69 Å². The maximum absolute atomic E-state index is 14.2. The number of nitrogens with two attached hydrogens (primary N) is 1. The lowest BCUT2D eigenvalue weighted by Crippen LogP contribution is -2.67. The molecule has 0 aliphatic heterocycles. The highest BCUT2D eigenvalue weighted by Crippen LogP contribution is 2.59. The molecule has 0 bridgehead atoms. The number of hydrogen-bond donors (Lipinski definition) is 6. The van der Waals surface area contributed by atoms with Crippen LogP contribution in [0.25, 0.3) is 5.76 Å². The van der Waals surface area contributed by atoms with Gasteiger partial charge < -0.3 is 36.4 Å². The van der Waals surface area contributed by atoms with Crippen LogP contribution in [0.2, 0.25) is 0 Å². The Bertz CT molecular complexity index is 1400. The molecular formula is C30H42N4O7. The second-order valence-electron chi connectivity index (χ2n) is 13.5. The molecule has 7 N–H and O–H groups in total. The Hall–Kier alpha value is -3.41. The van der Waals surface area contributed by atoms with Gasteiger partial charge in [-0.3, -0.25) is 19.3 Å². The summed E-state index contributed by atoms with van der Waals surface area (Å²) in [5.74, 6) is -6.01. The van der Waals surface area contributed by atoms with E-state index in [-0.39, 0.29) is 35.1 Å². The number of likely N-dealkylation sites (N-methyl/N-ethyl adjacent to an activating group) is 1. The molecule has 0 spiro atoms. The molecule has 41 heavy (non-hydrogen) atoms. The van der Waals surface area contributed by atoms with E-state index in [1.807, 2.05) is 25.1 Å². The second-order valence-corrected chi connectivity index (χ2v) is 13.5. The Morgan fingerprint density at radius 3 is 2.27 bits per heavy atom. The number of nitrogens with one attached hydrogen (secondary N) is 1. The molecule has 224 valence electrons. The number of aliphatic hydroxyl groups is 3. The fourth-order valence-corrected chi connectivity index (χ4v) is 6.82. The lowest BCUT2D eigenvalue weighted by atomic mass is 9.52. The molecule has 4 atom stereocenters. The SMILES string of the molecule is CN(C)c1cc(CNCC(C)(C)C)c(O)c2c1C[C@@]1(C)C[C@H]3[C@H](N(C)C)C(=O)C(C(N)=O)=C(O)[C@@]3(O)C(=O)C1=C2O. The van der Waals surface area contributed by atoms with Crippen molar-refractivity contribution in [3.63, 3.8) is 0 Å². The molecule has 1 fully saturated rings. The number of Topliss-reactive ketones (excluding diaryl/α,β-unsaturated/α-hetero) is 2. The van der Waals surface area contributed by atoms with Crippen molar-refractivity contribution >= 4 is 28.9 Å². The maximum atomic E-state index is 14.2. The molecule has 3 aliphatic carbocycles. The van der Waals surface area contributed by atoms with E-state index in [0.29, 0.717) is 24.2 Å². The highest BCUT2D eigenvalue weighted by molar-refractivity contribution is 6.24. The largest absolute Gasteiger partial charge is 0.508 e. The number of rotatable bonds is 6. The molecule has 0 aromatic heterocycles. The van der Waals surface area contributed by atoms with Crippen LogP contribution < -0.4 is 16.0 Å². The molecular weight excluding hydrogens is 528 g/mol. The fraction of sp³-hybridized carbons (Fsp3) is 0.567. The molecule has 3 aliphatic rings. The van der Waals surface area contributed by atoms with Crippen LogP contribution in [0.15, 0.2) is 23.0 Å². The van der Waals surface area contributed by atoms with Gasteiger partial charge in [0.15, 0.2) is 11.4 Å². The number of phenols is 1. The molecule has 1 amide bonds. The number of benzene rings is 1. The minimum atomic E-state index is -2.68. The molecule has 0 saturated heterocycles. The first-order valence-electron chi connectivity index (χ1n) is 13.7. The van der Waals surface area contributed by atoms with E-state index in [4.69, 9.17) is 5.73 Å². The Kier molecular flexibility index (Phi) is 7.34. The number of primary amides is 1. The lowest BCUT2D eigenvalue weighted by Gasteiger charge is -2.54. The summed E-state index contributed by atoms with van der Waals surface area (Å²) >= 11 is 0. The van der Waals surface area contributed by atoms with E-state index in [1.165, 1.54) is 4.90 Å². The van der Waals surface area contributed by atoms with Crippen LogP contribution in [0.3, 0.4) is 0 Å². The molecule has 0 radical (unpaired) electrons. The standard InChI is InChI=1S/C30H42N4O7/c1-28(2,3)13-32-12-14-9-17(33(5)6)15-10-29(4)11-16-21(34(7)8)24(37)19(27(31)40)25(38)30(16,41)26(39)20(29)23(36)18(15)22(14)35/h9,16,21,32,35-36,38,41H,10-13H2,1-8H3,(H2,31,40)/t16-,21-,29-,30+/m0/s1. The first-order chi connectivity index (χ1) is 18.8. The number of phenolic OH excluding ortho intramolecular Hbond substituents is 1. The quantitative estimate of drug-likeness (QED) is 0.275. The number of hydrogen-bond acceptors (Lipinski definition) is 10. The Morgan fingerprint density at radius 1 is 1.15 bits per heavy atom. The average molecular weight is 571 g/mol. The van der Waals surface area contributed by atoms with Gasteiger partial charge in [-0.1, -0.05) is 27.7 Å². The van der Waals surface area contributed by atoms with Crippen molar-refractivity contribution in [2.45, 2.75) is 58.7 Å². The monoisotopic (exact) mass is 570 g/mol. The fourth-order valence-electron chi connectivity index (χ4n) is 6.82. The zero-order valence-corrected chi connectivity index (χ0v) is 25.0. The lowest BCUT2D eigenvalue weighted by molar-refractivity contribution is -0.156. The van der Waals surface area contributed by atoms with Gasteiger partial charge in [0, 0.05) is 55.3 Å². The van der Waals surface area contributed by atoms with Crippen molar-refractivity contribution in [2.24, 2.45) is 22.5 Å². The molecule has 11 heteroatoms. The van der Waals surface area contributed by atoms with Gasteiger partial charge in [0.1, 0.15) is 22.8 Å². The normalized spacial score (nSPS) is 28.0. The van der Waals surface area contributed by atoms with Crippen molar-refractivity contribution in [1.82, 2.24) is 10.2 Å². The summed E-state index contributed by atoms with van der Waals surface area (Å²) in [4.78, 5) is 43.1. The van der Waals surface area contributed by atoms with Crippen molar-refractivity contribution < 1.29 is 34.8 Å². The van der Waals surface area contributed by atoms with Gasteiger partial charge in [-0.2, -0.15) is 0 Å². The summed E-state index contributed by atoms with van der Waals surface area (Å²) in [5.41, 5.74) is 2.60. The summed E-state index contributed by atoms with van der Waals surface area (Å²) in [6, 6.07) is 0.717. The summed E-state index contributed by atoms with van der Waals surface area (Å²) in [5, 5.41) is 49.4. The zero-order valence-electron chi connectivity index (χ0n) is 25.0. The highest BCUT2D eigenvalue weighted by atomic mass is 16.3. The van der Waals surface area contributed by atoms with Gasteiger partial charge in [-0.15, -0.1) is 0 Å². The van der Waals surface area contributed by atoms with E-state index in [1.54, 1.807) is 21.0 Å². The van der Waals surface area contributed by atoms with Gasteiger partial charge in [0.2, 0.25) is 5.78 Å². The van der Waals surface area contributed by atoms with Crippen molar-refractivity contribution in [1.29, 1.82) is 0 Å². The summed E-state index contributed by atoms with van der Waals surface area (Å²) in [6.07, 6.45) is 0.222. The predicted octanol–water partition coefficient (Wildman–Crippen LogP) is 1.56. The highest BCUT2D eigenvalue weighted by Gasteiger charge is 2.66. The van der Waals surface area contributed by atoms with Gasteiger partial charge in [-0.05, 0) is 44.0 Å². The van der Waals surface area contributed by atoms with Crippen molar-refractivity contribution in [2.75, 3.05) is 39.6 Å². The van der Waals surface area contributed by atoms with Crippen LogP contribution in [-0.2, 0) is 27.3 Å². The molecule has 0 heterocycles. The van der Waals surface area contributed by atoms with Crippen LogP contribution in [0.1, 0.15) is 50.8 Å². The predicted molar refractivity (Wildman–Crippen MR) is 154 cm³/mol. The van der Waals surface area contributed by atoms with Crippen LogP contribution >= 0.6 is 0 Å². The molecule has 0 unspecified atom stereocenters. The smallest absolute Gasteiger partial charge is 0.255 e. The van der Waals surface area contributed by atoms with E-state index < -0.39 is 57.5 Å². The van der Waals surface area contributed by atoms with Gasteiger partial charge in [-0.25, -0.2) is 0 Å². The zero-order chi connectivity index (χ0) is 31.0. The van der Waals surface area contributed by atoms with Gasteiger partial charge in [0.05, 0.1) is 11.6 Å². The van der Waals surface area contributed by atoms with E-state index in [2.05, 4.69) is 26.1 Å². The maximum Gasteiger partial charge on any atom is 0.255 e. The summed E-state index contributed by atoms with van der Waals surface area (Å²) in [6.45, 7) is 8.96. The Labute approximate surface area is 240 Å². The van der Waals surface area contributed by atoms with Gasteiger partial charge >= 0.3 is 0 Å². The number of amides is 1. The van der Waals surface area contributed by atoms with Crippen molar-refractivity contribution in [3.8, 4) is 5.75 Å². The Morgan fingerprint density at radius 2 is 1.76 bits per heavy atom. The molecule has 1 saturated carbocycles. The third-order valence-electron chi connectivity index (χ3n) is 8.64. The molecule has 4 rings (SSSR count). The number of aromatic hydroxyl groups is 1. The van der Waals surface area contributed by atoms with Crippen LogP contribution in [0.4, 0.5) is 5.69 Å². The minimum absolute atomic E-state index is 0.00822. The van der Waals surface area contributed by atoms with Gasteiger partial charge in [0.25, 0.3) is 5.91 Å². The first kappa shape index (κ1) is 30.5. The average Bonchev–Trinajstić information content (AvgIpc) is 2.81. The number of nitrogens with zero attached hydrogens (tertiary/aromatic N) is 2. The number of fused-ring (bicyclic) bond motifs is 3. The number of aliphatic hydroxyl groups excluding tert-OH is 2. The van der Waals surface area contributed by atoms with Crippen LogP contribution in [0.5, 0.6) is 5.75 Å². The van der Waals surface area contributed by atoms with Crippen LogP contribution in [-0.4, -0.2) is 89.2 Å². The third-order valence-corrected chi connectivity index (χ3v) is 8.64. The van der Waals surface area contributed by atoms with Crippen molar-refractivity contribution in [3.05, 3.63) is 39.7 Å². The number of ketones is 2. The van der Waals surface area contributed by atoms with Crippen LogP contribution in [0, 0.1) is 16.7 Å². The topological polar surface area (TPSA) is 177 Å². The number of carbonyl (C=O) groups excluding carboxylic acids is 3. The second kappa shape index (κ2) is 9.85. The van der Waals surface area contributed by atoms with E-state index >= 15 is 0 Å². The third kappa shape index (κ3) is 4.60. The minimum Gasteiger partial charge on any atom is -0.508 e. The first-order valence-corrected chi connectivity index (χ1v) is 13.7. The summed E-state index contributed by atoms with van der Waals surface area (Å²) < 4.78 is 0. The Balaban J connectivity index is 1.96. The number of anilines is 1. The summed E-state index contributed by atoms with van der Waals surface area (Å²) in [7, 11) is 6.84. The molecule has 11 nitrogen and oxygen atoms in total. The van der Waals surface area contributed by atoms with E-state index in [9.17, 15) is 34.8 Å². The number of carbonyl (C=O) groups is 3. The molecule has 1 aromatic rings. The molecule has 1 aromatic carbocycles.